The maximum absolute atomic E-state index is 12.8. The van der Waals surface area contributed by atoms with Crippen LogP contribution in [0.15, 0.2) is 42.5 Å². The molecule has 0 amide bonds. The van der Waals surface area contributed by atoms with E-state index in [2.05, 4.69) is 0 Å². The Morgan fingerprint density at radius 2 is 1.78 bits per heavy atom. The van der Waals surface area contributed by atoms with Crippen LogP contribution in [0.25, 0.3) is 0 Å². The lowest BCUT2D eigenvalue weighted by atomic mass is 10.0. The molecule has 0 radical (unpaired) electrons. The fourth-order valence-corrected chi connectivity index (χ4v) is 2.31. The lowest BCUT2D eigenvalue weighted by molar-refractivity contribution is -0.384. The number of non-ortho nitro benzene ring substituents is 1. The molecule has 0 saturated carbocycles. The standard InChI is InChI=1S/C15H10F3NO4/c1-14(9-3-2-4-10(7-9)15(16,17)18)22-12-6-5-11(19(20)21)8-13(12)23-14/h2-8H,1H3. The molecule has 2 aromatic rings. The van der Waals surface area contributed by atoms with Crippen LogP contribution < -0.4 is 9.47 Å². The molecule has 0 aromatic heterocycles. The van der Waals surface area contributed by atoms with Gasteiger partial charge in [0.05, 0.1) is 16.6 Å². The molecule has 0 aliphatic carbocycles. The number of benzene rings is 2. The van der Waals surface area contributed by atoms with Crippen molar-refractivity contribution in [2.45, 2.75) is 18.9 Å². The van der Waals surface area contributed by atoms with Gasteiger partial charge in [-0.1, -0.05) is 12.1 Å². The Kier molecular flexibility index (Phi) is 3.20. The summed E-state index contributed by atoms with van der Waals surface area (Å²) in [4.78, 5) is 10.2. The number of hydrogen-bond acceptors (Lipinski definition) is 4. The highest BCUT2D eigenvalue weighted by molar-refractivity contribution is 5.51. The van der Waals surface area contributed by atoms with E-state index in [-0.39, 0.29) is 22.7 Å². The normalized spacial score (nSPS) is 19.7. The molecule has 120 valence electrons. The molecule has 1 heterocycles. The fourth-order valence-electron chi connectivity index (χ4n) is 2.31. The third-order valence-electron chi connectivity index (χ3n) is 3.46. The van der Waals surface area contributed by atoms with Crippen molar-refractivity contribution >= 4 is 5.69 Å². The summed E-state index contributed by atoms with van der Waals surface area (Å²) in [5.74, 6) is -1.15. The number of fused-ring (bicyclic) bond motifs is 1. The Labute approximate surface area is 128 Å². The summed E-state index contributed by atoms with van der Waals surface area (Å²) in [7, 11) is 0. The van der Waals surface area contributed by atoms with Crippen molar-refractivity contribution in [3.05, 3.63) is 63.7 Å². The maximum atomic E-state index is 12.8. The summed E-state index contributed by atoms with van der Waals surface area (Å²) < 4.78 is 49.6. The third-order valence-corrected chi connectivity index (χ3v) is 3.46. The summed E-state index contributed by atoms with van der Waals surface area (Å²) >= 11 is 0. The molecule has 0 fully saturated rings. The van der Waals surface area contributed by atoms with Crippen LogP contribution in [0, 0.1) is 10.1 Å². The van der Waals surface area contributed by atoms with Crippen LogP contribution in [0.5, 0.6) is 11.5 Å². The van der Waals surface area contributed by atoms with Gasteiger partial charge < -0.3 is 9.47 Å². The molecular formula is C15H10F3NO4. The van der Waals surface area contributed by atoms with Gasteiger partial charge in [0.15, 0.2) is 11.5 Å². The zero-order valence-corrected chi connectivity index (χ0v) is 11.8. The first-order valence-electron chi connectivity index (χ1n) is 6.53. The Balaban J connectivity index is 1.97. The average Bonchev–Trinajstić information content (AvgIpc) is 2.83. The number of nitro groups is 1. The van der Waals surface area contributed by atoms with E-state index in [0.29, 0.717) is 0 Å². The van der Waals surface area contributed by atoms with Gasteiger partial charge in [-0.15, -0.1) is 0 Å². The van der Waals surface area contributed by atoms with Crippen LogP contribution in [0.3, 0.4) is 0 Å². The van der Waals surface area contributed by atoms with E-state index in [9.17, 15) is 23.3 Å². The van der Waals surface area contributed by atoms with Crippen LogP contribution in [0.4, 0.5) is 18.9 Å². The van der Waals surface area contributed by atoms with Crippen molar-refractivity contribution in [3.63, 3.8) is 0 Å². The van der Waals surface area contributed by atoms with Crippen molar-refractivity contribution in [1.29, 1.82) is 0 Å². The van der Waals surface area contributed by atoms with Gasteiger partial charge in [0.25, 0.3) is 11.5 Å². The van der Waals surface area contributed by atoms with E-state index in [4.69, 9.17) is 9.47 Å². The zero-order chi connectivity index (χ0) is 16.8. The van der Waals surface area contributed by atoms with E-state index < -0.39 is 22.5 Å². The first-order valence-corrected chi connectivity index (χ1v) is 6.53. The van der Waals surface area contributed by atoms with Crippen molar-refractivity contribution in [2.24, 2.45) is 0 Å². The van der Waals surface area contributed by atoms with Gasteiger partial charge in [-0.05, 0) is 18.2 Å². The van der Waals surface area contributed by atoms with Gasteiger partial charge in [-0.25, -0.2) is 0 Å². The van der Waals surface area contributed by atoms with E-state index in [1.54, 1.807) is 0 Å². The number of rotatable bonds is 2. The second-order valence-corrected chi connectivity index (χ2v) is 5.12. The van der Waals surface area contributed by atoms with Gasteiger partial charge in [0.2, 0.25) is 0 Å². The molecule has 1 aliphatic rings. The Hall–Kier alpha value is -2.77. The van der Waals surface area contributed by atoms with E-state index in [1.165, 1.54) is 37.3 Å². The fraction of sp³-hybridized carbons (Fsp3) is 0.200. The highest BCUT2D eigenvalue weighted by atomic mass is 19.4. The smallest absolute Gasteiger partial charge is 0.416 e. The van der Waals surface area contributed by atoms with Crippen molar-refractivity contribution in [1.82, 2.24) is 0 Å². The second-order valence-electron chi connectivity index (χ2n) is 5.12. The van der Waals surface area contributed by atoms with Crippen LogP contribution in [0.2, 0.25) is 0 Å². The molecule has 8 heteroatoms. The Bertz CT molecular complexity index is 791. The van der Waals surface area contributed by atoms with Gasteiger partial charge in [-0.2, -0.15) is 13.2 Å². The minimum Gasteiger partial charge on any atom is -0.445 e. The van der Waals surface area contributed by atoms with Crippen LogP contribution in [0.1, 0.15) is 18.1 Å². The predicted molar refractivity (Wildman–Crippen MR) is 73.1 cm³/mol. The molecule has 1 atom stereocenters. The van der Waals surface area contributed by atoms with Crippen LogP contribution >= 0.6 is 0 Å². The molecule has 23 heavy (non-hydrogen) atoms. The van der Waals surface area contributed by atoms with E-state index in [0.717, 1.165) is 12.1 Å². The Morgan fingerprint density at radius 3 is 2.43 bits per heavy atom. The highest BCUT2D eigenvalue weighted by Gasteiger charge is 2.41. The minimum atomic E-state index is -4.49. The largest absolute Gasteiger partial charge is 0.445 e. The molecule has 0 N–H and O–H groups in total. The monoisotopic (exact) mass is 325 g/mol. The van der Waals surface area contributed by atoms with Crippen molar-refractivity contribution in [2.75, 3.05) is 0 Å². The van der Waals surface area contributed by atoms with E-state index >= 15 is 0 Å². The van der Waals surface area contributed by atoms with Crippen molar-refractivity contribution < 1.29 is 27.6 Å². The third kappa shape index (κ3) is 2.67. The predicted octanol–water partition coefficient (Wildman–Crippen LogP) is 4.26. The Morgan fingerprint density at radius 1 is 1.09 bits per heavy atom. The van der Waals surface area contributed by atoms with Gasteiger partial charge in [0.1, 0.15) is 0 Å². The van der Waals surface area contributed by atoms with Crippen molar-refractivity contribution in [3.8, 4) is 11.5 Å². The molecule has 3 rings (SSSR count). The maximum Gasteiger partial charge on any atom is 0.416 e. The highest BCUT2D eigenvalue weighted by Crippen LogP contribution is 2.46. The number of nitro benzene ring substituents is 1. The van der Waals surface area contributed by atoms with E-state index in [1.807, 2.05) is 0 Å². The van der Waals surface area contributed by atoms with Gasteiger partial charge in [-0.3, -0.25) is 10.1 Å². The van der Waals surface area contributed by atoms with Gasteiger partial charge in [0, 0.05) is 18.6 Å². The lowest BCUT2D eigenvalue weighted by Gasteiger charge is -2.24. The molecule has 1 unspecified atom stereocenters. The average molecular weight is 325 g/mol. The molecule has 2 aromatic carbocycles. The second kappa shape index (κ2) is 4.87. The first kappa shape index (κ1) is 15.1. The van der Waals surface area contributed by atoms with Crippen LogP contribution in [-0.2, 0) is 12.0 Å². The SMILES string of the molecule is CC1(c2cccc(C(F)(F)F)c2)Oc2ccc([N+](=O)[O-])cc2O1. The first-order chi connectivity index (χ1) is 10.7. The quantitative estimate of drug-likeness (QED) is 0.611. The summed E-state index contributed by atoms with van der Waals surface area (Å²) in [5.41, 5.74) is -0.864. The molecular weight excluding hydrogens is 315 g/mol. The number of nitrogens with zero attached hydrogens (tertiary/aromatic N) is 1. The zero-order valence-electron chi connectivity index (χ0n) is 11.8. The molecule has 1 aliphatic heterocycles. The lowest BCUT2D eigenvalue weighted by Crippen LogP contribution is -2.31. The number of ether oxygens (including phenoxy) is 2. The molecule has 0 spiro atoms. The summed E-state index contributed by atoms with van der Waals surface area (Å²) in [6.45, 7) is 1.45. The molecule has 0 saturated heterocycles. The number of alkyl halides is 3. The summed E-state index contributed by atoms with van der Waals surface area (Å²) in [5, 5.41) is 10.8. The minimum absolute atomic E-state index is 0.110. The van der Waals surface area contributed by atoms with Crippen LogP contribution in [-0.4, -0.2) is 4.92 Å². The summed E-state index contributed by atoms with van der Waals surface area (Å²) in [6, 6.07) is 8.33. The molecule has 5 nitrogen and oxygen atoms in total. The van der Waals surface area contributed by atoms with Gasteiger partial charge >= 0.3 is 6.18 Å². The molecule has 0 bridgehead atoms. The number of hydrogen-bond donors (Lipinski definition) is 0. The number of halogens is 3. The summed E-state index contributed by atoms with van der Waals surface area (Å²) in [6.07, 6.45) is -4.49. The topological polar surface area (TPSA) is 61.6 Å².